The van der Waals surface area contributed by atoms with E-state index in [0.29, 0.717) is 40.0 Å². The van der Waals surface area contributed by atoms with E-state index in [1.54, 1.807) is 41.4 Å². The van der Waals surface area contributed by atoms with E-state index in [4.69, 9.17) is 11.1 Å². The van der Waals surface area contributed by atoms with Crippen molar-refractivity contribution in [2.75, 3.05) is 6.54 Å². The van der Waals surface area contributed by atoms with E-state index in [-0.39, 0.29) is 17.8 Å². The molecule has 3 heterocycles. The number of nitrogens with one attached hydrogen (secondary N) is 2. The third kappa shape index (κ3) is 2.94. The molecule has 0 bridgehead atoms. The molecule has 7 heteroatoms. The number of carbonyl (C=O) groups excluding carboxylic acids is 1. The van der Waals surface area contributed by atoms with E-state index in [0.717, 1.165) is 19.1 Å². The number of aromatic amines is 1. The molecule has 1 atom stereocenters. The number of nitrogens with two attached hydrogens (primary N) is 1. The number of fused-ring (bicyclic) bond motifs is 1. The molecule has 0 spiro atoms. The van der Waals surface area contributed by atoms with Crippen LogP contribution >= 0.6 is 0 Å². The maximum atomic E-state index is 14.3. The zero-order chi connectivity index (χ0) is 19.7. The van der Waals surface area contributed by atoms with Crippen molar-refractivity contribution >= 4 is 28.7 Å². The zero-order valence-corrected chi connectivity index (χ0v) is 15.2. The molecule has 1 unspecified atom stereocenters. The minimum absolute atomic E-state index is 0.145. The molecule has 3 aromatic rings. The number of H-pyrrole nitrogens is 1. The lowest BCUT2D eigenvalue weighted by Gasteiger charge is -2.25. The Bertz CT molecular complexity index is 1090. The van der Waals surface area contributed by atoms with Crippen LogP contribution in [0.1, 0.15) is 40.5 Å². The van der Waals surface area contributed by atoms with Gasteiger partial charge < -0.3 is 21.0 Å². The number of likely N-dealkylation sites (tertiary alicyclic amines) is 1. The van der Waals surface area contributed by atoms with Gasteiger partial charge >= 0.3 is 0 Å². The number of benzene rings is 1. The highest BCUT2D eigenvalue weighted by molar-refractivity contribution is 6.09. The van der Waals surface area contributed by atoms with Crippen molar-refractivity contribution in [1.82, 2.24) is 14.9 Å². The second-order valence-corrected chi connectivity index (χ2v) is 6.74. The van der Waals surface area contributed by atoms with Crippen molar-refractivity contribution in [2.24, 2.45) is 5.73 Å². The van der Waals surface area contributed by atoms with Crippen molar-refractivity contribution in [3.05, 3.63) is 71.4 Å². The number of allylic oxidation sites excluding steroid dienone is 1. The Labute approximate surface area is 161 Å². The standard InChI is InChI=1S/C21H20FN5O/c22-17-5-2-1-4-15(17)19-6-3-9-27(19)21(28)16-12-25-20-14(16)7-8-18(26-20)13(10-23)11-24/h1-2,4-5,7-8,10-12,19,23H,3,6,9,24H2,(H,25,26)/b13-11+,23-10?. The van der Waals surface area contributed by atoms with Gasteiger partial charge in [0, 0.05) is 41.7 Å². The third-order valence-electron chi connectivity index (χ3n) is 5.18. The van der Waals surface area contributed by atoms with Crippen LogP contribution in [0.4, 0.5) is 4.39 Å². The smallest absolute Gasteiger partial charge is 0.256 e. The highest BCUT2D eigenvalue weighted by Gasteiger charge is 2.33. The third-order valence-corrected chi connectivity index (χ3v) is 5.18. The first-order valence-corrected chi connectivity index (χ1v) is 9.10. The number of aromatic nitrogens is 2. The highest BCUT2D eigenvalue weighted by Crippen LogP contribution is 2.35. The summed E-state index contributed by atoms with van der Waals surface area (Å²) < 4.78 is 14.3. The summed E-state index contributed by atoms with van der Waals surface area (Å²) in [5.41, 5.74) is 8.17. The molecule has 1 amide bonds. The molecule has 0 aliphatic carbocycles. The molecule has 0 saturated carbocycles. The predicted molar refractivity (Wildman–Crippen MR) is 106 cm³/mol. The number of hydrogen-bond donors (Lipinski definition) is 3. The first-order chi connectivity index (χ1) is 13.6. The first kappa shape index (κ1) is 17.9. The predicted octanol–water partition coefficient (Wildman–Crippen LogP) is 3.63. The molecular weight excluding hydrogens is 357 g/mol. The number of pyridine rings is 1. The summed E-state index contributed by atoms with van der Waals surface area (Å²) in [6, 6.07) is 9.88. The van der Waals surface area contributed by atoms with Crippen LogP contribution in [0.2, 0.25) is 0 Å². The molecule has 4 rings (SSSR count). The van der Waals surface area contributed by atoms with Crippen LogP contribution in [0, 0.1) is 11.2 Å². The van der Waals surface area contributed by atoms with Crippen LogP contribution in [-0.4, -0.2) is 33.5 Å². The average molecular weight is 377 g/mol. The maximum Gasteiger partial charge on any atom is 0.256 e. The number of rotatable bonds is 4. The van der Waals surface area contributed by atoms with Gasteiger partial charge in [0.1, 0.15) is 11.5 Å². The van der Waals surface area contributed by atoms with Crippen LogP contribution in [0.3, 0.4) is 0 Å². The van der Waals surface area contributed by atoms with Gasteiger partial charge in [0.15, 0.2) is 0 Å². The van der Waals surface area contributed by atoms with E-state index in [9.17, 15) is 9.18 Å². The summed E-state index contributed by atoms with van der Waals surface area (Å²) in [5.74, 6) is -0.432. The van der Waals surface area contributed by atoms with Crippen LogP contribution in [-0.2, 0) is 0 Å². The van der Waals surface area contributed by atoms with Gasteiger partial charge in [-0.15, -0.1) is 0 Å². The normalized spacial score (nSPS) is 17.2. The maximum absolute atomic E-state index is 14.3. The van der Waals surface area contributed by atoms with E-state index in [1.165, 1.54) is 12.3 Å². The molecule has 6 nitrogen and oxygen atoms in total. The second-order valence-electron chi connectivity index (χ2n) is 6.74. The highest BCUT2D eigenvalue weighted by atomic mass is 19.1. The number of carbonyl (C=O) groups is 1. The summed E-state index contributed by atoms with van der Waals surface area (Å²) in [6.45, 7) is 0.587. The molecule has 142 valence electrons. The Morgan fingerprint density at radius 3 is 2.89 bits per heavy atom. The largest absolute Gasteiger partial charge is 0.404 e. The summed E-state index contributed by atoms with van der Waals surface area (Å²) in [5, 5.41) is 8.09. The fourth-order valence-corrected chi connectivity index (χ4v) is 3.78. The zero-order valence-electron chi connectivity index (χ0n) is 15.2. The van der Waals surface area contributed by atoms with Gasteiger partial charge in [0.05, 0.1) is 17.3 Å². The van der Waals surface area contributed by atoms with Crippen LogP contribution in [0.5, 0.6) is 0 Å². The number of amides is 1. The van der Waals surface area contributed by atoms with Crippen molar-refractivity contribution in [3.63, 3.8) is 0 Å². The van der Waals surface area contributed by atoms with E-state index in [2.05, 4.69) is 9.97 Å². The second kappa shape index (κ2) is 7.26. The number of halogens is 1. The fourth-order valence-electron chi connectivity index (χ4n) is 3.78. The van der Waals surface area contributed by atoms with Gasteiger partial charge in [-0.2, -0.15) is 0 Å². The lowest BCUT2D eigenvalue weighted by molar-refractivity contribution is 0.0735. The lowest BCUT2D eigenvalue weighted by atomic mass is 10.0. The monoisotopic (exact) mass is 377 g/mol. The molecule has 1 saturated heterocycles. The fraction of sp³-hybridized carbons (Fsp3) is 0.190. The molecule has 4 N–H and O–H groups in total. The van der Waals surface area contributed by atoms with Crippen molar-refractivity contribution in [3.8, 4) is 0 Å². The number of hydrogen-bond acceptors (Lipinski definition) is 4. The van der Waals surface area contributed by atoms with Crippen molar-refractivity contribution in [2.45, 2.75) is 18.9 Å². The van der Waals surface area contributed by atoms with Crippen LogP contribution in [0.15, 0.2) is 48.8 Å². The van der Waals surface area contributed by atoms with Crippen LogP contribution < -0.4 is 5.73 Å². The molecule has 1 fully saturated rings. The molecule has 2 aromatic heterocycles. The Morgan fingerprint density at radius 2 is 2.14 bits per heavy atom. The number of nitrogens with zero attached hydrogens (tertiary/aromatic N) is 2. The lowest BCUT2D eigenvalue weighted by Crippen LogP contribution is -2.30. The Morgan fingerprint density at radius 1 is 1.32 bits per heavy atom. The Hall–Kier alpha value is -3.48. The van der Waals surface area contributed by atoms with Crippen molar-refractivity contribution < 1.29 is 9.18 Å². The summed E-state index contributed by atoms with van der Waals surface area (Å²) in [6.07, 6.45) is 5.66. The van der Waals surface area contributed by atoms with Crippen molar-refractivity contribution in [1.29, 1.82) is 5.41 Å². The summed E-state index contributed by atoms with van der Waals surface area (Å²) >= 11 is 0. The SMILES string of the molecule is N=C/C(=C\N)c1ccc2c(C(=O)N3CCCC3c3ccccc3F)c[nH]c2n1. The van der Waals surface area contributed by atoms with Gasteiger partial charge in [-0.1, -0.05) is 18.2 Å². The van der Waals surface area contributed by atoms with Gasteiger partial charge in [0.2, 0.25) is 0 Å². The van der Waals surface area contributed by atoms with E-state index in [1.807, 2.05) is 0 Å². The molecule has 28 heavy (non-hydrogen) atoms. The summed E-state index contributed by atoms with van der Waals surface area (Å²) in [7, 11) is 0. The minimum atomic E-state index is -0.287. The van der Waals surface area contributed by atoms with E-state index < -0.39 is 0 Å². The Balaban J connectivity index is 1.69. The van der Waals surface area contributed by atoms with Gasteiger partial charge in [0.25, 0.3) is 5.91 Å². The van der Waals surface area contributed by atoms with Crippen LogP contribution in [0.25, 0.3) is 16.6 Å². The van der Waals surface area contributed by atoms with Gasteiger partial charge in [-0.05, 0) is 31.0 Å². The first-order valence-electron chi connectivity index (χ1n) is 9.10. The molecular formula is C21H20FN5O. The molecule has 0 radical (unpaired) electrons. The van der Waals surface area contributed by atoms with Gasteiger partial charge in [-0.25, -0.2) is 9.37 Å². The van der Waals surface area contributed by atoms with Gasteiger partial charge in [-0.3, -0.25) is 4.79 Å². The molecule has 1 aliphatic heterocycles. The molecule has 1 aromatic carbocycles. The van der Waals surface area contributed by atoms with E-state index >= 15 is 0 Å². The molecule has 1 aliphatic rings. The average Bonchev–Trinajstić information content (AvgIpc) is 3.36. The topological polar surface area (TPSA) is 98.9 Å². The Kier molecular flexibility index (Phi) is 4.65. The quantitative estimate of drug-likeness (QED) is 0.606. The minimum Gasteiger partial charge on any atom is -0.404 e. The summed E-state index contributed by atoms with van der Waals surface area (Å²) in [4.78, 5) is 22.4.